The Hall–Kier alpha value is -2.40. The molecule has 1 saturated heterocycles. The molecule has 27 heavy (non-hydrogen) atoms. The number of halogens is 1. The van der Waals surface area contributed by atoms with Gasteiger partial charge in [-0.25, -0.2) is 4.39 Å². The topological polar surface area (TPSA) is 55.6 Å². The van der Waals surface area contributed by atoms with Crippen LogP contribution in [0.1, 0.15) is 33.5 Å². The van der Waals surface area contributed by atoms with E-state index in [0.29, 0.717) is 42.5 Å². The lowest BCUT2D eigenvalue weighted by atomic mass is 9.98. The highest BCUT2D eigenvalue weighted by Crippen LogP contribution is 2.25. The molecular formula is C22H27FN2O2. The Morgan fingerprint density at radius 1 is 1.22 bits per heavy atom. The lowest BCUT2D eigenvalue weighted by molar-refractivity contribution is 0.0786. The number of carbonyl (C=O) groups is 1. The van der Waals surface area contributed by atoms with E-state index < -0.39 is 0 Å². The second-order valence-electron chi connectivity index (χ2n) is 7.31. The van der Waals surface area contributed by atoms with E-state index in [1.54, 1.807) is 19.1 Å². The van der Waals surface area contributed by atoms with Crippen molar-refractivity contribution in [3.05, 3.63) is 64.5 Å². The van der Waals surface area contributed by atoms with E-state index in [1.165, 1.54) is 0 Å². The molecule has 3 rings (SSSR count). The van der Waals surface area contributed by atoms with Gasteiger partial charge in [0.1, 0.15) is 18.2 Å². The Bertz CT molecular complexity index is 822. The third-order valence-corrected chi connectivity index (χ3v) is 5.14. The van der Waals surface area contributed by atoms with Crippen molar-refractivity contribution in [2.24, 2.45) is 11.7 Å². The molecule has 1 unspecified atom stereocenters. The number of amides is 1. The molecular weight excluding hydrogens is 343 g/mol. The molecule has 0 spiro atoms. The van der Waals surface area contributed by atoms with Gasteiger partial charge in [0, 0.05) is 25.2 Å². The molecule has 0 saturated carbocycles. The Morgan fingerprint density at radius 3 is 2.74 bits per heavy atom. The van der Waals surface area contributed by atoms with E-state index in [4.69, 9.17) is 10.5 Å². The highest BCUT2D eigenvalue weighted by Gasteiger charge is 2.27. The summed E-state index contributed by atoms with van der Waals surface area (Å²) in [5.41, 5.74) is 8.77. The van der Waals surface area contributed by atoms with Crippen molar-refractivity contribution in [3.8, 4) is 5.75 Å². The first-order chi connectivity index (χ1) is 13.0. The van der Waals surface area contributed by atoms with Crippen LogP contribution in [0.25, 0.3) is 0 Å². The standard InChI is InChI=1S/C22H27FN2O2/c1-15-3-5-17(12-20(15)23)11-18-7-9-25(14-18)22(26)19-6-4-16(2)21(13-19)27-10-8-24/h3-6,12-13,18H,7-11,14,24H2,1-2H3. The number of nitrogens with zero attached hydrogens (tertiary/aromatic N) is 1. The quantitative estimate of drug-likeness (QED) is 0.847. The molecule has 0 aliphatic carbocycles. The van der Waals surface area contributed by atoms with E-state index in [1.807, 2.05) is 36.1 Å². The van der Waals surface area contributed by atoms with Crippen LogP contribution < -0.4 is 10.5 Å². The summed E-state index contributed by atoms with van der Waals surface area (Å²) >= 11 is 0. The molecule has 2 aromatic rings. The zero-order chi connectivity index (χ0) is 19.4. The molecule has 5 heteroatoms. The number of nitrogens with two attached hydrogens (primary N) is 1. The summed E-state index contributed by atoms with van der Waals surface area (Å²) in [5, 5.41) is 0. The van der Waals surface area contributed by atoms with Gasteiger partial charge >= 0.3 is 0 Å². The van der Waals surface area contributed by atoms with Crippen LogP contribution >= 0.6 is 0 Å². The fourth-order valence-electron chi connectivity index (χ4n) is 3.52. The number of benzene rings is 2. The number of aryl methyl sites for hydroxylation is 2. The first-order valence-corrected chi connectivity index (χ1v) is 9.45. The van der Waals surface area contributed by atoms with Crippen molar-refractivity contribution < 1.29 is 13.9 Å². The van der Waals surface area contributed by atoms with Gasteiger partial charge in [-0.3, -0.25) is 4.79 Å². The van der Waals surface area contributed by atoms with Crippen LogP contribution in [0.4, 0.5) is 4.39 Å². The minimum Gasteiger partial charge on any atom is -0.492 e. The van der Waals surface area contributed by atoms with Gasteiger partial charge in [-0.05, 0) is 67.5 Å². The van der Waals surface area contributed by atoms with Crippen molar-refractivity contribution >= 4 is 5.91 Å². The zero-order valence-electron chi connectivity index (χ0n) is 16.0. The van der Waals surface area contributed by atoms with Gasteiger partial charge in [0.25, 0.3) is 5.91 Å². The van der Waals surface area contributed by atoms with Gasteiger partial charge in [-0.1, -0.05) is 18.2 Å². The summed E-state index contributed by atoms with van der Waals surface area (Å²) in [7, 11) is 0. The molecule has 2 aromatic carbocycles. The minimum absolute atomic E-state index is 0.0187. The Balaban J connectivity index is 1.64. The number of hydrogen-bond donors (Lipinski definition) is 1. The predicted molar refractivity (Wildman–Crippen MR) is 105 cm³/mol. The molecule has 1 fully saturated rings. The van der Waals surface area contributed by atoms with Gasteiger partial charge in [-0.2, -0.15) is 0 Å². The average Bonchev–Trinajstić information content (AvgIpc) is 3.12. The van der Waals surface area contributed by atoms with Crippen molar-refractivity contribution in [3.63, 3.8) is 0 Å². The third kappa shape index (κ3) is 4.66. The molecule has 1 atom stereocenters. The predicted octanol–water partition coefficient (Wildman–Crippen LogP) is 3.48. The van der Waals surface area contributed by atoms with Gasteiger partial charge in [-0.15, -0.1) is 0 Å². The number of rotatable bonds is 6. The average molecular weight is 370 g/mol. The molecule has 1 heterocycles. The van der Waals surface area contributed by atoms with Gasteiger partial charge in [0.2, 0.25) is 0 Å². The summed E-state index contributed by atoms with van der Waals surface area (Å²) in [6.07, 6.45) is 1.73. The lowest BCUT2D eigenvalue weighted by Gasteiger charge is -2.18. The lowest BCUT2D eigenvalue weighted by Crippen LogP contribution is -2.29. The number of hydrogen-bond acceptors (Lipinski definition) is 3. The zero-order valence-corrected chi connectivity index (χ0v) is 16.0. The highest BCUT2D eigenvalue weighted by molar-refractivity contribution is 5.95. The van der Waals surface area contributed by atoms with E-state index in [0.717, 1.165) is 30.5 Å². The fourth-order valence-corrected chi connectivity index (χ4v) is 3.52. The number of likely N-dealkylation sites (tertiary alicyclic amines) is 1. The van der Waals surface area contributed by atoms with E-state index in [-0.39, 0.29) is 11.7 Å². The monoisotopic (exact) mass is 370 g/mol. The van der Waals surface area contributed by atoms with Crippen LogP contribution in [0.5, 0.6) is 5.75 Å². The Labute approximate surface area is 160 Å². The van der Waals surface area contributed by atoms with Gasteiger partial charge in [0.05, 0.1) is 0 Å². The smallest absolute Gasteiger partial charge is 0.253 e. The first-order valence-electron chi connectivity index (χ1n) is 9.45. The van der Waals surface area contributed by atoms with Crippen LogP contribution in [0.15, 0.2) is 36.4 Å². The van der Waals surface area contributed by atoms with Crippen LogP contribution in [-0.4, -0.2) is 37.0 Å². The summed E-state index contributed by atoms with van der Waals surface area (Å²) in [4.78, 5) is 14.7. The van der Waals surface area contributed by atoms with E-state index in [9.17, 15) is 9.18 Å². The van der Waals surface area contributed by atoms with E-state index >= 15 is 0 Å². The van der Waals surface area contributed by atoms with Crippen molar-refractivity contribution in [1.82, 2.24) is 4.90 Å². The maximum atomic E-state index is 13.8. The molecule has 0 bridgehead atoms. The van der Waals surface area contributed by atoms with Gasteiger partial charge in [0.15, 0.2) is 0 Å². The second-order valence-corrected chi connectivity index (χ2v) is 7.31. The largest absolute Gasteiger partial charge is 0.492 e. The molecule has 1 amide bonds. The minimum atomic E-state index is -0.164. The van der Waals surface area contributed by atoms with Crippen LogP contribution in [0.3, 0.4) is 0 Å². The summed E-state index contributed by atoms with van der Waals surface area (Å²) < 4.78 is 19.4. The van der Waals surface area contributed by atoms with Crippen molar-refractivity contribution in [2.45, 2.75) is 26.7 Å². The maximum absolute atomic E-state index is 13.8. The van der Waals surface area contributed by atoms with Crippen LogP contribution in [-0.2, 0) is 6.42 Å². The third-order valence-electron chi connectivity index (χ3n) is 5.14. The van der Waals surface area contributed by atoms with E-state index in [2.05, 4.69) is 0 Å². The molecule has 144 valence electrons. The summed E-state index contributed by atoms with van der Waals surface area (Å²) in [6.45, 7) is 6.00. The molecule has 1 aliphatic heterocycles. The molecule has 1 aliphatic rings. The van der Waals surface area contributed by atoms with Crippen molar-refractivity contribution in [1.29, 1.82) is 0 Å². The number of carbonyl (C=O) groups excluding carboxylic acids is 1. The Kier molecular flexibility index (Phi) is 6.11. The highest BCUT2D eigenvalue weighted by atomic mass is 19.1. The molecule has 0 aromatic heterocycles. The Morgan fingerprint density at radius 2 is 2.00 bits per heavy atom. The van der Waals surface area contributed by atoms with Crippen LogP contribution in [0, 0.1) is 25.6 Å². The summed E-state index contributed by atoms with van der Waals surface area (Å²) in [5.74, 6) is 0.917. The molecule has 4 nitrogen and oxygen atoms in total. The van der Waals surface area contributed by atoms with Crippen molar-refractivity contribution in [2.75, 3.05) is 26.2 Å². The normalized spacial score (nSPS) is 16.6. The SMILES string of the molecule is Cc1ccc(CC2CCN(C(=O)c3ccc(C)c(OCCN)c3)C2)cc1F. The van der Waals surface area contributed by atoms with Gasteiger partial charge < -0.3 is 15.4 Å². The maximum Gasteiger partial charge on any atom is 0.253 e. The second kappa shape index (κ2) is 8.53. The molecule has 0 radical (unpaired) electrons. The first kappa shape index (κ1) is 19.4. The van der Waals surface area contributed by atoms with Crippen LogP contribution in [0.2, 0.25) is 0 Å². The summed E-state index contributed by atoms with van der Waals surface area (Å²) in [6, 6.07) is 11.0. The molecule has 2 N–H and O–H groups in total. The number of ether oxygens (including phenoxy) is 1. The fraction of sp³-hybridized carbons (Fsp3) is 0.409.